The van der Waals surface area contributed by atoms with Crippen molar-refractivity contribution in [3.8, 4) is 0 Å². The van der Waals surface area contributed by atoms with Gasteiger partial charge in [-0.05, 0) is 26.2 Å². The minimum atomic E-state index is 0.314. The predicted molar refractivity (Wildman–Crippen MR) is 48.6 cm³/mol. The van der Waals surface area contributed by atoms with Gasteiger partial charge in [-0.3, -0.25) is 0 Å². The van der Waals surface area contributed by atoms with E-state index in [0.717, 1.165) is 19.3 Å². The lowest BCUT2D eigenvalue weighted by Gasteiger charge is -1.96. The van der Waals surface area contributed by atoms with Crippen molar-refractivity contribution in [2.24, 2.45) is 0 Å². The molecule has 0 amide bonds. The van der Waals surface area contributed by atoms with Gasteiger partial charge >= 0.3 is 0 Å². The molecule has 0 aliphatic carbocycles. The highest BCUT2D eigenvalue weighted by Crippen LogP contribution is 2.05. The molecule has 0 saturated carbocycles. The number of ketones is 1. The third kappa shape index (κ3) is 9.41. The Balaban J connectivity index is 2.90. The molecule has 1 heteroatoms. The molecule has 11 heavy (non-hydrogen) atoms. The summed E-state index contributed by atoms with van der Waals surface area (Å²) < 4.78 is 0. The van der Waals surface area contributed by atoms with Crippen LogP contribution in [0.1, 0.15) is 45.4 Å². The second-order valence-corrected chi connectivity index (χ2v) is 2.94. The Bertz CT molecular complexity index is 116. The molecule has 0 fully saturated rings. The van der Waals surface area contributed by atoms with Crippen LogP contribution >= 0.6 is 0 Å². The van der Waals surface area contributed by atoms with Crippen LogP contribution in [0.4, 0.5) is 0 Å². The van der Waals surface area contributed by atoms with Crippen molar-refractivity contribution in [2.45, 2.75) is 45.4 Å². The van der Waals surface area contributed by atoms with Crippen LogP contribution in [0.3, 0.4) is 0 Å². The summed E-state index contributed by atoms with van der Waals surface area (Å²) in [5.74, 6) is 0.314. The third-order valence-electron chi connectivity index (χ3n) is 1.69. The molecule has 0 atom stereocenters. The zero-order valence-corrected chi connectivity index (χ0v) is 7.44. The van der Waals surface area contributed by atoms with Gasteiger partial charge in [-0.2, -0.15) is 0 Å². The van der Waals surface area contributed by atoms with E-state index in [4.69, 9.17) is 0 Å². The number of rotatable bonds is 7. The molecule has 0 rings (SSSR count). The van der Waals surface area contributed by atoms with Crippen LogP contribution in [0.5, 0.6) is 0 Å². The maximum absolute atomic E-state index is 10.5. The molecule has 0 aliphatic heterocycles. The van der Waals surface area contributed by atoms with Crippen molar-refractivity contribution in [1.29, 1.82) is 0 Å². The minimum Gasteiger partial charge on any atom is -0.300 e. The van der Waals surface area contributed by atoms with Crippen molar-refractivity contribution in [3.63, 3.8) is 0 Å². The van der Waals surface area contributed by atoms with E-state index in [1.165, 1.54) is 19.3 Å². The van der Waals surface area contributed by atoms with Gasteiger partial charge in [-0.25, -0.2) is 0 Å². The van der Waals surface area contributed by atoms with Gasteiger partial charge in [0, 0.05) is 6.42 Å². The second kappa shape index (κ2) is 7.52. The molecule has 0 unspecified atom stereocenters. The second-order valence-electron chi connectivity index (χ2n) is 2.94. The topological polar surface area (TPSA) is 17.1 Å². The van der Waals surface area contributed by atoms with Crippen LogP contribution in [0.15, 0.2) is 12.7 Å². The van der Waals surface area contributed by atoms with Gasteiger partial charge in [-0.1, -0.05) is 18.9 Å². The molecule has 0 bridgehead atoms. The first kappa shape index (κ1) is 10.4. The summed E-state index contributed by atoms with van der Waals surface area (Å²) in [6.07, 6.45) is 8.53. The molecular formula is C10H18O. The molecule has 0 aliphatic rings. The zero-order chi connectivity index (χ0) is 8.53. The molecule has 0 aromatic heterocycles. The average molecular weight is 154 g/mol. The normalized spacial score (nSPS) is 9.55. The van der Waals surface area contributed by atoms with E-state index >= 15 is 0 Å². The van der Waals surface area contributed by atoms with E-state index in [2.05, 4.69) is 6.58 Å². The zero-order valence-electron chi connectivity index (χ0n) is 7.44. The molecule has 0 saturated heterocycles. The van der Waals surface area contributed by atoms with E-state index in [1.54, 1.807) is 6.92 Å². The highest BCUT2D eigenvalue weighted by atomic mass is 16.1. The van der Waals surface area contributed by atoms with Crippen LogP contribution in [0.25, 0.3) is 0 Å². The maximum atomic E-state index is 10.5. The number of allylic oxidation sites excluding steroid dienone is 1. The van der Waals surface area contributed by atoms with Crippen LogP contribution in [-0.4, -0.2) is 5.78 Å². The molecule has 0 radical (unpaired) electrons. The first-order valence-corrected chi connectivity index (χ1v) is 4.37. The summed E-state index contributed by atoms with van der Waals surface area (Å²) in [5, 5.41) is 0. The van der Waals surface area contributed by atoms with E-state index in [1.807, 2.05) is 6.08 Å². The Hall–Kier alpha value is -0.590. The van der Waals surface area contributed by atoms with Gasteiger partial charge in [0.05, 0.1) is 0 Å². The van der Waals surface area contributed by atoms with Crippen molar-refractivity contribution >= 4 is 5.78 Å². The van der Waals surface area contributed by atoms with Gasteiger partial charge in [-0.15, -0.1) is 6.58 Å². The van der Waals surface area contributed by atoms with E-state index in [-0.39, 0.29) is 0 Å². The quantitative estimate of drug-likeness (QED) is 0.407. The summed E-state index contributed by atoms with van der Waals surface area (Å²) >= 11 is 0. The van der Waals surface area contributed by atoms with Crippen molar-refractivity contribution in [1.82, 2.24) is 0 Å². The number of Topliss-reactive ketones (excluding diaryl/α,β-unsaturated/α-hetero) is 1. The van der Waals surface area contributed by atoms with E-state index in [9.17, 15) is 4.79 Å². The molecule has 0 spiro atoms. The molecule has 0 aromatic carbocycles. The fraction of sp³-hybridized carbons (Fsp3) is 0.700. The lowest BCUT2D eigenvalue weighted by molar-refractivity contribution is -0.117. The van der Waals surface area contributed by atoms with E-state index < -0.39 is 0 Å². The van der Waals surface area contributed by atoms with Gasteiger partial charge in [0.25, 0.3) is 0 Å². The lowest BCUT2D eigenvalue weighted by Crippen LogP contribution is -1.88. The minimum absolute atomic E-state index is 0.314. The van der Waals surface area contributed by atoms with Gasteiger partial charge < -0.3 is 4.79 Å². The number of unbranched alkanes of at least 4 members (excludes halogenated alkanes) is 4. The summed E-state index contributed by atoms with van der Waals surface area (Å²) in [6.45, 7) is 5.31. The summed E-state index contributed by atoms with van der Waals surface area (Å²) in [4.78, 5) is 10.5. The van der Waals surface area contributed by atoms with Gasteiger partial charge in [0.2, 0.25) is 0 Å². The SMILES string of the molecule is C=CCCCCCCC(C)=O. The first-order chi connectivity index (χ1) is 5.27. The average Bonchev–Trinajstić information content (AvgIpc) is 1.96. The highest BCUT2D eigenvalue weighted by molar-refractivity contribution is 5.75. The molecule has 64 valence electrons. The van der Waals surface area contributed by atoms with Gasteiger partial charge in [0.1, 0.15) is 5.78 Å². The standard InChI is InChI=1S/C10H18O/c1-3-4-5-6-7-8-9-10(2)11/h3H,1,4-9H2,2H3. The monoisotopic (exact) mass is 154 g/mol. The molecular weight excluding hydrogens is 136 g/mol. The van der Waals surface area contributed by atoms with Crippen molar-refractivity contribution in [2.75, 3.05) is 0 Å². The smallest absolute Gasteiger partial charge is 0.129 e. The Morgan fingerprint density at radius 2 is 1.91 bits per heavy atom. The predicted octanol–water partition coefficient (Wildman–Crippen LogP) is 3.10. The fourth-order valence-electron chi connectivity index (χ4n) is 1.02. The molecule has 0 N–H and O–H groups in total. The lowest BCUT2D eigenvalue weighted by atomic mass is 10.1. The van der Waals surface area contributed by atoms with Crippen LogP contribution in [0.2, 0.25) is 0 Å². The number of hydrogen-bond acceptors (Lipinski definition) is 1. The van der Waals surface area contributed by atoms with Crippen LogP contribution < -0.4 is 0 Å². The van der Waals surface area contributed by atoms with E-state index in [0.29, 0.717) is 5.78 Å². The summed E-state index contributed by atoms with van der Waals surface area (Å²) in [5.41, 5.74) is 0. The van der Waals surface area contributed by atoms with Crippen LogP contribution in [-0.2, 0) is 4.79 Å². The first-order valence-electron chi connectivity index (χ1n) is 4.37. The fourth-order valence-corrected chi connectivity index (χ4v) is 1.02. The summed E-state index contributed by atoms with van der Waals surface area (Å²) in [7, 11) is 0. The Morgan fingerprint density at radius 1 is 1.27 bits per heavy atom. The Kier molecular flexibility index (Phi) is 7.11. The summed E-state index contributed by atoms with van der Waals surface area (Å²) in [6, 6.07) is 0. The highest BCUT2D eigenvalue weighted by Gasteiger charge is 1.92. The Morgan fingerprint density at radius 3 is 2.45 bits per heavy atom. The number of carbonyl (C=O) groups is 1. The Labute approximate surface area is 69.5 Å². The maximum Gasteiger partial charge on any atom is 0.129 e. The van der Waals surface area contributed by atoms with Gasteiger partial charge in [0.15, 0.2) is 0 Å². The number of hydrogen-bond donors (Lipinski definition) is 0. The molecule has 0 aromatic rings. The van der Waals surface area contributed by atoms with Crippen molar-refractivity contribution in [3.05, 3.63) is 12.7 Å². The van der Waals surface area contributed by atoms with Crippen molar-refractivity contribution < 1.29 is 4.79 Å². The molecule has 1 nitrogen and oxygen atoms in total. The largest absolute Gasteiger partial charge is 0.300 e. The van der Waals surface area contributed by atoms with Crippen LogP contribution in [0, 0.1) is 0 Å². The third-order valence-corrected chi connectivity index (χ3v) is 1.69. The molecule has 0 heterocycles. The number of carbonyl (C=O) groups excluding carboxylic acids is 1.